The summed E-state index contributed by atoms with van der Waals surface area (Å²) in [5, 5.41) is 6.56. The van der Waals surface area contributed by atoms with Crippen molar-refractivity contribution in [1.29, 1.82) is 0 Å². The molecule has 2 aromatic carbocycles. The van der Waals surface area contributed by atoms with Crippen LogP contribution in [0.1, 0.15) is 47.2 Å². The number of hydrogen-bond acceptors (Lipinski definition) is 5. The molecule has 34 heavy (non-hydrogen) atoms. The van der Waals surface area contributed by atoms with Crippen molar-refractivity contribution >= 4 is 17.7 Å². The van der Waals surface area contributed by atoms with E-state index in [0.717, 1.165) is 22.4 Å². The molecular weight excluding hydrogens is 428 g/mol. The lowest BCUT2D eigenvalue weighted by molar-refractivity contribution is -0.134. The Bertz CT molecular complexity index is 1090. The number of piperazine rings is 1. The van der Waals surface area contributed by atoms with Crippen LogP contribution >= 0.6 is 0 Å². The average Bonchev–Trinajstić information content (AvgIpc) is 3.25. The molecule has 0 radical (unpaired) electrons. The number of benzene rings is 2. The van der Waals surface area contributed by atoms with Gasteiger partial charge in [0.15, 0.2) is 0 Å². The number of aryl methyl sites for hydroxylation is 3. The second-order valence-electron chi connectivity index (χ2n) is 9.14. The van der Waals surface area contributed by atoms with Crippen LogP contribution in [0.2, 0.25) is 0 Å². The SMILES string of the molecule is CCOC(=O)N1CCN(CC(=O)N2N=C(c3ccc(C)cc3C)C[C@@H]2c2ccccc2C)CC1. The fourth-order valence-electron chi connectivity index (χ4n) is 4.81. The van der Waals surface area contributed by atoms with Crippen LogP contribution < -0.4 is 0 Å². The van der Waals surface area contributed by atoms with Crippen molar-refractivity contribution in [3.63, 3.8) is 0 Å². The molecule has 4 rings (SSSR count). The maximum absolute atomic E-state index is 13.5. The van der Waals surface area contributed by atoms with Crippen molar-refractivity contribution in [2.75, 3.05) is 39.3 Å². The Balaban J connectivity index is 1.53. The first-order valence-electron chi connectivity index (χ1n) is 12.0. The van der Waals surface area contributed by atoms with E-state index in [2.05, 4.69) is 56.0 Å². The van der Waals surface area contributed by atoms with E-state index in [4.69, 9.17) is 9.84 Å². The molecule has 2 heterocycles. The van der Waals surface area contributed by atoms with Crippen LogP contribution in [0, 0.1) is 20.8 Å². The zero-order valence-corrected chi connectivity index (χ0v) is 20.6. The third-order valence-electron chi connectivity index (χ3n) is 6.66. The van der Waals surface area contributed by atoms with Crippen LogP contribution in [0.5, 0.6) is 0 Å². The summed E-state index contributed by atoms with van der Waals surface area (Å²) in [6.07, 6.45) is 0.410. The lowest BCUT2D eigenvalue weighted by atomic mass is 9.93. The number of hydrazone groups is 1. The first kappa shape index (κ1) is 24.0. The highest BCUT2D eigenvalue weighted by atomic mass is 16.6. The van der Waals surface area contributed by atoms with Crippen molar-refractivity contribution in [2.24, 2.45) is 5.10 Å². The fraction of sp³-hybridized carbons (Fsp3) is 0.444. The van der Waals surface area contributed by atoms with Crippen LogP contribution in [0.3, 0.4) is 0 Å². The second-order valence-corrected chi connectivity index (χ2v) is 9.14. The van der Waals surface area contributed by atoms with Gasteiger partial charge in [-0.15, -0.1) is 0 Å². The molecule has 2 aliphatic heterocycles. The summed E-state index contributed by atoms with van der Waals surface area (Å²) in [7, 11) is 0. The molecule has 0 saturated carbocycles. The normalized spacial score (nSPS) is 18.7. The number of carbonyl (C=O) groups is 2. The van der Waals surface area contributed by atoms with Gasteiger partial charge in [-0.05, 0) is 44.4 Å². The van der Waals surface area contributed by atoms with E-state index < -0.39 is 0 Å². The summed E-state index contributed by atoms with van der Waals surface area (Å²) in [5.41, 5.74) is 6.72. The van der Waals surface area contributed by atoms with Gasteiger partial charge in [-0.3, -0.25) is 9.69 Å². The molecule has 180 valence electrons. The molecule has 2 aliphatic rings. The second kappa shape index (κ2) is 10.4. The average molecular weight is 463 g/mol. The molecule has 2 aromatic rings. The van der Waals surface area contributed by atoms with Crippen LogP contribution in [0.25, 0.3) is 0 Å². The van der Waals surface area contributed by atoms with Gasteiger partial charge in [0.25, 0.3) is 5.91 Å². The molecule has 0 spiro atoms. The minimum absolute atomic E-state index is 0.0161. The van der Waals surface area contributed by atoms with E-state index in [1.807, 2.05) is 12.1 Å². The van der Waals surface area contributed by atoms with E-state index in [9.17, 15) is 9.59 Å². The van der Waals surface area contributed by atoms with E-state index in [1.165, 1.54) is 11.1 Å². The summed E-state index contributed by atoms with van der Waals surface area (Å²) in [6, 6.07) is 14.5. The van der Waals surface area contributed by atoms with Crippen molar-refractivity contribution in [1.82, 2.24) is 14.8 Å². The lowest BCUT2D eigenvalue weighted by Crippen LogP contribution is -2.51. The number of ether oxygens (including phenoxy) is 1. The molecule has 1 atom stereocenters. The van der Waals surface area contributed by atoms with Crippen LogP contribution in [-0.2, 0) is 9.53 Å². The lowest BCUT2D eigenvalue weighted by Gasteiger charge is -2.34. The highest BCUT2D eigenvalue weighted by molar-refractivity contribution is 6.04. The summed E-state index contributed by atoms with van der Waals surface area (Å²) < 4.78 is 5.10. The molecular formula is C27H34N4O3. The largest absolute Gasteiger partial charge is 0.450 e. The van der Waals surface area contributed by atoms with Gasteiger partial charge in [-0.1, -0.05) is 48.0 Å². The Labute approximate surface area is 202 Å². The van der Waals surface area contributed by atoms with E-state index in [0.29, 0.717) is 39.2 Å². The summed E-state index contributed by atoms with van der Waals surface area (Å²) >= 11 is 0. The number of rotatable bonds is 5. The first-order valence-corrected chi connectivity index (χ1v) is 12.0. The predicted octanol–water partition coefficient (Wildman–Crippen LogP) is 4.06. The van der Waals surface area contributed by atoms with Crippen LogP contribution in [0.4, 0.5) is 4.79 Å². The highest BCUT2D eigenvalue weighted by Crippen LogP contribution is 2.35. The van der Waals surface area contributed by atoms with E-state index in [-0.39, 0.29) is 24.6 Å². The number of hydrogen-bond donors (Lipinski definition) is 0. The van der Waals surface area contributed by atoms with Crippen molar-refractivity contribution in [3.05, 3.63) is 70.3 Å². The predicted molar refractivity (Wildman–Crippen MR) is 133 cm³/mol. The van der Waals surface area contributed by atoms with Gasteiger partial charge in [-0.25, -0.2) is 9.80 Å². The topological polar surface area (TPSA) is 65.5 Å². The first-order chi connectivity index (χ1) is 16.4. The Morgan fingerprint density at radius 1 is 1.00 bits per heavy atom. The van der Waals surface area contributed by atoms with Crippen LogP contribution in [-0.4, -0.2) is 71.9 Å². The summed E-state index contributed by atoms with van der Waals surface area (Å²) in [6.45, 7) is 11.1. The molecule has 0 aliphatic carbocycles. The smallest absolute Gasteiger partial charge is 0.409 e. The standard InChI is InChI=1S/C27H34N4O3/c1-5-34-27(33)30-14-12-29(13-15-30)18-26(32)31-25(23-9-7-6-8-20(23)3)17-24(28-31)22-11-10-19(2)16-21(22)4/h6-11,16,25H,5,12-15,17-18H2,1-4H3/t25-/m1/s1. The Hall–Kier alpha value is -3.19. The van der Waals surface area contributed by atoms with Gasteiger partial charge in [0.05, 0.1) is 24.9 Å². The fourth-order valence-corrected chi connectivity index (χ4v) is 4.81. The highest BCUT2D eigenvalue weighted by Gasteiger charge is 2.35. The molecule has 7 heteroatoms. The Kier molecular flexibility index (Phi) is 7.32. The zero-order chi connectivity index (χ0) is 24.2. The van der Waals surface area contributed by atoms with E-state index >= 15 is 0 Å². The molecule has 0 N–H and O–H groups in total. The third-order valence-corrected chi connectivity index (χ3v) is 6.66. The maximum Gasteiger partial charge on any atom is 0.409 e. The Morgan fingerprint density at radius 2 is 1.74 bits per heavy atom. The van der Waals surface area contributed by atoms with Gasteiger partial charge in [0.2, 0.25) is 0 Å². The molecule has 0 bridgehead atoms. The molecule has 2 amide bonds. The number of nitrogens with zero attached hydrogens (tertiary/aromatic N) is 4. The summed E-state index contributed by atoms with van der Waals surface area (Å²) in [4.78, 5) is 29.3. The van der Waals surface area contributed by atoms with Crippen molar-refractivity contribution in [2.45, 2.75) is 40.2 Å². The molecule has 1 fully saturated rings. The minimum Gasteiger partial charge on any atom is -0.450 e. The van der Waals surface area contributed by atoms with Crippen molar-refractivity contribution in [3.8, 4) is 0 Å². The molecule has 1 saturated heterocycles. The number of carbonyl (C=O) groups excluding carboxylic acids is 2. The quantitative estimate of drug-likeness (QED) is 0.672. The van der Waals surface area contributed by atoms with Gasteiger partial charge < -0.3 is 9.64 Å². The van der Waals surface area contributed by atoms with Gasteiger partial charge in [0.1, 0.15) is 0 Å². The maximum atomic E-state index is 13.5. The monoisotopic (exact) mass is 462 g/mol. The zero-order valence-electron chi connectivity index (χ0n) is 20.6. The van der Waals surface area contributed by atoms with Gasteiger partial charge >= 0.3 is 6.09 Å². The molecule has 0 unspecified atom stereocenters. The molecule has 7 nitrogen and oxygen atoms in total. The minimum atomic E-state index is -0.282. The number of amides is 2. The molecule has 0 aromatic heterocycles. The van der Waals surface area contributed by atoms with E-state index in [1.54, 1.807) is 16.8 Å². The van der Waals surface area contributed by atoms with Gasteiger partial charge in [0, 0.05) is 38.2 Å². The van der Waals surface area contributed by atoms with Crippen molar-refractivity contribution < 1.29 is 14.3 Å². The van der Waals surface area contributed by atoms with Crippen LogP contribution in [0.15, 0.2) is 47.6 Å². The van der Waals surface area contributed by atoms with Gasteiger partial charge in [-0.2, -0.15) is 5.10 Å². The summed E-state index contributed by atoms with van der Waals surface area (Å²) in [5.74, 6) is -0.0161. The third kappa shape index (κ3) is 5.14. The Morgan fingerprint density at radius 3 is 2.41 bits per heavy atom.